The molecular weight excluding hydrogens is 497 g/mol. The Morgan fingerprint density at radius 3 is 2.36 bits per heavy atom. The number of H-pyrrole nitrogens is 1. The third-order valence-corrected chi connectivity index (χ3v) is 6.33. The SMILES string of the molecule is CC(C)N(C(=O)CN1C=CN(c2ccccc2)C(=O)/C(=C/c2n[nH]c3cc(F)ccc23)C1=O)c1ccccc1. The first-order valence-electron chi connectivity index (χ1n) is 12.4. The van der Waals surface area contributed by atoms with E-state index in [1.807, 2.05) is 50.2 Å². The van der Waals surface area contributed by atoms with Crippen LogP contribution in [0.1, 0.15) is 19.5 Å². The normalized spacial score (nSPS) is 14.9. The van der Waals surface area contributed by atoms with Gasteiger partial charge in [-0.2, -0.15) is 5.10 Å². The van der Waals surface area contributed by atoms with Crippen molar-refractivity contribution in [1.29, 1.82) is 0 Å². The van der Waals surface area contributed by atoms with Gasteiger partial charge in [-0.3, -0.25) is 24.4 Å². The summed E-state index contributed by atoms with van der Waals surface area (Å²) in [6.45, 7) is 3.49. The molecule has 0 saturated heterocycles. The number of amides is 3. The second-order valence-corrected chi connectivity index (χ2v) is 9.29. The predicted molar refractivity (Wildman–Crippen MR) is 148 cm³/mol. The van der Waals surface area contributed by atoms with Gasteiger partial charge in [0, 0.05) is 35.2 Å². The Bertz CT molecular complexity index is 1590. The van der Waals surface area contributed by atoms with E-state index in [0.29, 0.717) is 28.0 Å². The van der Waals surface area contributed by atoms with Crippen molar-refractivity contribution in [2.45, 2.75) is 19.9 Å². The van der Waals surface area contributed by atoms with Crippen molar-refractivity contribution in [2.24, 2.45) is 0 Å². The van der Waals surface area contributed by atoms with Gasteiger partial charge in [0.25, 0.3) is 11.8 Å². The Morgan fingerprint density at radius 1 is 0.974 bits per heavy atom. The second-order valence-electron chi connectivity index (χ2n) is 9.29. The highest BCUT2D eigenvalue weighted by Crippen LogP contribution is 2.26. The summed E-state index contributed by atoms with van der Waals surface area (Å²) < 4.78 is 13.7. The van der Waals surface area contributed by atoms with E-state index in [1.54, 1.807) is 29.2 Å². The molecule has 1 aliphatic heterocycles. The number of carbonyl (C=O) groups is 3. The van der Waals surface area contributed by atoms with Crippen molar-refractivity contribution >= 4 is 46.1 Å². The van der Waals surface area contributed by atoms with E-state index >= 15 is 0 Å². The number of benzene rings is 3. The van der Waals surface area contributed by atoms with Gasteiger partial charge in [-0.25, -0.2) is 4.39 Å². The summed E-state index contributed by atoms with van der Waals surface area (Å²) in [4.78, 5) is 45.2. The number of para-hydroxylation sites is 2. The number of rotatable bonds is 6. The minimum Gasteiger partial charge on any atom is -0.308 e. The zero-order chi connectivity index (χ0) is 27.5. The van der Waals surface area contributed by atoms with Crippen LogP contribution < -0.4 is 9.80 Å². The second kappa shape index (κ2) is 10.7. The minimum atomic E-state index is -0.655. The number of carbonyl (C=O) groups excluding carboxylic acids is 3. The first kappa shape index (κ1) is 25.6. The summed E-state index contributed by atoms with van der Waals surface area (Å²) in [6.07, 6.45) is 4.29. The van der Waals surface area contributed by atoms with Crippen molar-refractivity contribution in [2.75, 3.05) is 16.3 Å². The Labute approximate surface area is 224 Å². The Balaban J connectivity index is 1.55. The first-order valence-corrected chi connectivity index (χ1v) is 12.4. The van der Waals surface area contributed by atoms with Gasteiger partial charge in [0.05, 0.1) is 11.2 Å². The number of fused-ring (bicyclic) bond motifs is 1. The number of nitrogens with one attached hydrogen (secondary N) is 1. The monoisotopic (exact) mass is 523 g/mol. The molecular formula is C30H26FN5O3. The van der Waals surface area contributed by atoms with Gasteiger partial charge in [-0.05, 0) is 62.4 Å². The maximum absolute atomic E-state index is 13.8. The predicted octanol–water partition coefficient (Wildman–Crippen LogP) is 4.87. The Kier molecular flexibility index (Phi) is 7.05. The van der Waals surface area contributed by atoms with Crippen LogP contribution in [-0.4, -0.2) is 45.4 Å². The summed E-state index contributed by atoms with van der Waals surface area (Å²) in [7, 11) is 0. The van der Waals surface area contributed by atoms with Crippen LogP contribution in [0.25, 0.3) is 17.0 Å². The van der Waals surface area contributed by atoms with Crippen LogP contribution in [0, 0.1) is 5.82 Å². The van der Waals surface area contributed by atoms with Gasteiger partial charge in [0.2, 0.25) is 5.91 Å². The fourth-order valence-electron chi connectivity index (χ4n) is 4.50. The smallest absolute Gasteiger partial charge is 0.268 e. The first-order chi connectivity index (χ1) is 18.8. The number of hydrogen-bond acceptors (Lipinski definition) is 4. The number of aromatic amines is 1. The summed E-state index contributed by atoms with van der Waals surface area (Å²) in [5, 5.41) is 7.48. The lowest BCUT2D eigenvalue weighted by Crippen LogP contribution is -2.44. The molecule has 1 aliphatic rings. The molecule has 0 fully saturated rings. The summed E-state index contributed by atoms with van der Waals surface area (Å²) >= 11 is 0. The van der Waals surface area contributed by atoms with Gasteiger partial charge in [0.15, 0.2) is 0 Å². The third-order valence-electron chi connectivity index (χ3n) is 6.33. The molecule has 0 unspecified atom stereocenters. The highest BCUT2D eigenvalue weighted by Gasteiger charge is 2.33. The number of hydrogen-bond donors (Lipinski definition) is 1. The van der Waals surface area contributed by atoms with Gasteiger partial charge >= 0.3 is 0 Å². The number of aromatic nitrogens is 2. The van der Waals surface area contributed by atoms with E-state index in [0.717, 1.165) is 0 Å². The standard InChI is InChI=1S/C30H26FN5O3/c1-20(2)36(23-11-7-4-8-12-23)28(37)19-34-15-16-35(22-9-5-3-6-10-22)30(39)25(29(34)38)18-27-24-14-13-21(31)17-26(24)32-33-27/h3-18,20H,19H2,1-2H3,(H,32,33)/b25-18+. The average Bonchev–Trinajstić information content (AvgIpc) is 3.28. The van der Waals surface area contributed by atoms with Crippen LogP contribution in [0.2, 0.25) is 0 Å². The van der Waals surface area contributed by atoms with Crippen LogP contribution in [0.15, 0.2) is 96.8 Å². The fraction of sp³-hybridized carbons (Fsp3) is 0.133. The molecule has 0 bridgehead atoms. The minimum absolute atomic E-state index is 0.167. The number of anilines is 2. The molecule has 3 amide bonds. The fourth-order valence-corrected chi connectivity index (χ4v) is 4.50. The summed E-state index contributed by atoms with van der Waals surface area (Å²) in [5.74, 6) is -1.99. The lowest BCUT2D eigenvalue weighted by atomic mass is 10.1. The van der Waals surface area contributed by atoms with Crippen molar-refractivity contribution in [3.63, 3.8) is 0 Å². The molecule has 5 rings (SSSR count). The molecule has 196 valence electrons. The summed E-state index contributed by atoms with van der Waals surface area (Å²) in [6, 6.07) is 22.0. The van der Waals surface area contributed by atoms with Crippen molar-refractivity contribution < 1.29 is 18.8 Å². The maximum Gasteiger partial charge on any atom is 0.268 e. The highest BCUT2D eigenvalue weighted by atomic mass is 19.1. The Morgan fingerprint density at radius 2 is 1.67 bits per heavy atom. The molecule has 0 radical (unpaired) electrons. The molecule has 3 aromatic carbocycles. The van der Waals surface area contributed by atoms with Crippen molar-refractivity contribution in [1.82, 2.24) is 15.1 Å². The molecule has 2 heterocycles. The molecule has 39 heavy (non-hydrogen) atoms. The number of nitrogens with zero attached hydrogens (tertiary/aromatic N) is 4. The molecule has 0 atom stereocenters. The quantitative estimate of drug-likeness (QED) is 0.288. The van der Waals surface area contributed by atoms with Crippen LogP contribution in [0.5, 0.6) is 0 Å². The van der Waals surface area contributed by atoms with Gasteiger partial charge in [-0.15, -0.1) is 0 Å². The average molecular weight is 524 g/mol. The van der Waals surface area contributed by atoms with Gasteiger partial charge in [-0.1, -0.05) is 36.4 Å². The van der Waals surface area contributed by atoms with Crippen molar-refractivity contribution in [3.05, 3.63) is 108 Å². The lowest BCUT2D eigenvalue weighted by Gasteiger charge is -2.29. The Hall–Kier alpha value is -5.05. The molecule has 1 N–H and O–H groups in total. The van der Waals surface area contributed by atoms with Crippen LogP contribution in [-0.2, 0) is 14.4 Å². The van der Waals surface area contributed by atoms with E-state index in [9.17, 15) is 18.8 Å². The van der Waals surface area contributed by atoms with Crippen LogP contribution in [0.4, 0.5) is 15.8 Å². The largest absolute Gasteiger partial charge is 0.308 e. The topological polar surface area (TPSA) is 89.6 Å². The van der Waals surface area contributed by atoms with Crippen LogP contribution >= 0.6 is 0 Å². The molecule has 1 aromatic heterocycles. The van der Waals surface area contributed by atoms with E-state index in [4.69, 9.17) is 0 Å². The molecule has 4 aromatic rings. The van der Waals surface area contributed by atoms with E-state index < -0.39 is 17.6 Å². The molecule has 0 aliphatic carbocycles. The van der Waals surface area contributed by atoms with E-state index in [-0.39, 0.29) is 24.1 Å². The summed E-state index contributed by atoms with van der Waals surface area (Å²) in [5.41, 5.74) is 1.79. The number of halogens is 1. The third kappa shape index (κ3) is 5.19. The maximum atomic E-state index is 13.8. The molecule has 9 heteroatoms. The van der Waals surface area contributed by atoms with E-state index in [2.05, 4.69) is 10.2 Å². The molecule has 0 saturated carbocycles. The lowest BCUT2D eigenvalue weighted by molar-refractivity contribution is -0.131. The van der Waals surface area contributed by atoms with Gasteiger partial charge in [0.1, 0.15) is 17.9 Å². The molecule has 8 nitrogen and oxygen atoms in total. The highest BCUT2D eigenvalue weighted by molar-refractivity contribution is 6.28. The van der Waals surface area contributed by atoms with Gasteiger partial charge < -0.3 is 9.80 Å². The van der Waals surface area contributed by atoms with E-state index in [1.165, 1.54) is 46.5 Å². The van der Waals surface area contributed by atoms with Crippen molar-refractivity contribution in [3.8, 4) is 0 Å². The van der Waals surface area contributed by atoms with Crippen LogP contribution in [0.3, 0.4) is 0 Å². The zero-order valence-electron chi connectivity index (χ0n) is 21.4. The zero-order valence-corrected chi connectivity index (χ0v) is 21.4. The molecule has 0 spiro atoms.